The van der Waals surface area contributed by atoms with Crippen LogP contribution < -0.4 is 0 Å². The summed E-state index contributed by atoms with van der Waals surface area (Å²) in [6, 6.07) is 8.68. The topological polar surface area (TPSA) is 30.7 Å². The third kappa shape index (κ3) is 3.37. The van der Waals surface area contributed by atoms with E-state index in [1.54, 1.807) is 18.3 Å². The van der Waals surface area contributed by atoms with Crippen LogP contribution in [0.15, 0.2) is 36.5 Å². The van der Waals surface area contributed by atoms with Gasteiger partial charge in [-0.3, -0.25) is 0 Å². The summed E-state index contributed by atoms with van der Waals surface area (Å²) in [7, 11) is 0. The number of halogens is 2. The van der Waals surface area contributed by atoms with Crippen molar-refractivity contribution in [1.82, 2.24) is 14.5 Å². The first-order chi connectivity index (χ1) is 11.1. The fourth-order valence-corrected chi connectivity index (χ4v) is 2.81. The normalized spacial score (nSPS) is 12.7. The Morgan fingerprint density at radius 1 is 1.30 bits per heavy atom. The largest absolute Gasteiger partial charge is 0.308 e. The van der Waals surface area contributed by atoms with E-state index < -0.39 is 5.82 Å². The molecule has 120 valence electrons. The zero-order valence-electron chi connectivity index (χ0n) is 13.3. The Bertz CT molecular complexity index is 828. The maximum absolute atomic E-state index is 13.4. The van der Waals surface area contributed by atoms with Crippen molar-refractivity contribution in [1.29, 1.82) is 0 Å². The van der Waals surface area contributed by atoms with Gasteiger partial charge in [-0.2, -0.15) is 0 Å². The third-order valence-electron chi connectivity index (χ3n) is 4.14. The summed E-state index contributed by atoms with van der Waals surface area (Å²) in [6.45, 7) is 4.97. The highest BCUT2D eigenvalue weighted by Crippen LogP contribution is 2.21. The summed E-state index contributed by atoms with van der Waals surface area (Å²) >= 11 is 5.90. The number of nitrogens with zero attached hydrogens (tertiary/aromatic N) is 3. The predicted octanol–water partition coefficient (Wildman–Crippen LogP) is 4.86. The van der Waals surface area contributed by atoms with E-state index in [0.717, 1.165) is 35.4 Å². The van der Waals surface area contributed by atoms with Gasteiger partial charge >= 0.3 is 0 Å². The highest BCUT2D eigenvalue weighted by atomic mass is 35.5. The van der Waals surface area contributed by atoms with Crippen molar-refractivity contribution >= 4 is 22.8 Å². The van der Waals surface area contributed by atoms with Gasteiger partial charge in [-0.05, 0) is 35.7 Å². The molecule has 1 aromatic carbocycles. The van der Waals surface area contributed by atoms with Crippen LogP contribution in [-0.2, 0) is 13.0 Å². The van der Waals surface area contributed by atoms with E-state index in [0.29, 0.717) is 12.5 Å². The lowest BCUT2D eigenvalue weighted by atomic mass is 10.0. The first kappa shape index (κ1) is 15.9. The molecule has 0 aliphatic heterocycles. The Kier molecular flexibility index (Phi) is 4.62. The van der Waals surface area contributed by atoms with Gasteiger partial charge < -0.3 is 4.57 Å². The van der Waals surface area contributed by atoms with E-state index in [1.807, 2.05) is 12.1 Å². The molecule has 1 atom stereocenters. The Hall–Kier alpha value is -1.94. The lowest BCUT2D eigenvalue weighted by Gasteiger charge is -2.12. The quantitative estimate of drug-likeness (QED) is 0.668. The Morgan fingerprint density at radius 2 is 2.13 bits per heavy atom. The van der Waals surface area contributed by atoms with Crippen LogP contribution in [0.1, 0.15) is 31.7 Å². The van der Waals surface area contributed by atoms with E-state index in [9.17, 15) is 4.39 Å². The molecule has 3 nitrogen and oxygen atoms in total. The number of benzene rings is 1. The molecule has 0 bridgehead atoms. The second-order valence-electron chi connectivity index (χ2n) is 5.93. The summed E-state index contributed by atoms with van der Waals surface area (Å²) in [5, 5.41) is 0.142. The molecule has 0 aliphatic rings. The minimum Gasteiger partial charge on any atom is -0.308 e. The van der Waals surface area contributed by atoms with Gasteiger partial charge in [0.2, 0.25) is 0 Å². The van der Waals surface area contributed by atoms with Gasteiger partial charge in [0.1, 0.15) is 17.2 Å². The predicted molar refractivity (Wildman–Crippen MR) is 91.2 cm³/mol. The molecule has 0 fully saturated rings. The van der Waals surface area contributed by atoms with Gasteiger partial charge in [-0.15, -0.1) is 0 Å². The second kappa shape index (κ2) is 6.67. The Labute approximate surface area is 140 Å². The van der Waals surface area contributed by atoms with Crippen molar-refractivity contribution < 1.29 is 4.39 Å². The van der Waals surface area contributed by atoms with E-state index in [4.69, 9.17) is 16.6 Å². The zero-order chi connectivity index (χ0) is 16.4. The molecule has 0 spiro atoms. The minimum atomic E-state index is -0.399. The molecule has 0 N–H and O–H groups in total. The van der Waals surface area contributed by atoms with Gasteiger partial charge in [0, 0.05) is 12.6 Å². The SMILES string of the molecule is CCC(C)Cc1nc2cccnc2n1Cc1ccc(F)c(Cl)c1. The van der Waals surface area contributed by atoms with Crippen LogP contribution in [0.2, 0.25) is 5.02 Å². The smallest absolute Gasteiger partial charge is 0.160 e. The van der Waals surface area contributed by atoms with E-state index in [-0.39, 0.29) is 5.02 Å². The Morgan fingerprint density at radius 3 is 2.87 bits per heavy atom. The zero-order valence-corrected chi connectivity index (χ0v) is 14.0. The molecule has 23 heavy (non-hydrogen) atoms. The van der Waals surface area contributed by atoms with E-state index in [1.165, 1.54) is 6.07 Å². The fraction of sp³-hybridized carbons (Fsp3) is 0.333. The highest BCUT2D eigenvalue weighted by Gasteiger charge is 2.14. The standard InChI is InChI=1S/C18H19ClFN3/c1-3-12(2)9-17-22-16-5-4-8-21-18(16)23(17)11-13-6-7-15(20)14(19)10-13/h4-8,10,12H,3,9,11H2,1-2H3. The van der Waals surface area contributed by atoms with Crippen LogP contribution in [0.25, 0.3) is 11.2 Å². The molecule has 1 unspecified atom stereocenters. The molecule has 0 saturated carbocycles. The van der Waals surface area contributed by atoms with Crippen molar-refractivity contribution in [3.8, 4) is 0 Å². The molecule has 0 radical (unpaired) electrons. The van der Waals surface area contributed by atoms with E-state index in [2.05, 4.69) is 23.4 Å². The third-order valence-corrected chi connectivity index (χ3v) is 4.43. The van der Waals surface area contributed by atoms with Crippen molar-refractivity contribution in [3.05, 3.63) is 58.8 Å². The first-order valence-corrected chi connectivity index (χ1v) is 8.20. The van der Waals surface area contributed by atoms with Crippen molar-refractivity contribution in [2.45, 2.75) is 33.2 Å². The Balaban J connectivity index is 2.02. The lowest BCUT2D eigenvalue weighted by molar-refractivity contribution is 0.529. The molecule has 2 heterocycles. The number of rotatable bonds is 5. The lowest BCUT2D eigenvalue weighted by Crippen LogP contribution is -2.09. The van der Waals surface area contributed by atoms with Crippen LogP contribution in [0, 0.1) is 11.7 Å². The summed E-state index contributed by atoms with van der Waals surface area (Å²) in [6.07, 6.45) is 3.76. The monoisotopic (exact) mass is 331 g/mol. The molecule has 5 heteroatoms. The van der Waals surface area contributed by atoms with Crippen LogP contribution >= 0.6 is 11.6 Å². The average molecular weight is 332 g/mol. The van der Waals surface area contributed by atoms with E-state index >= 15 is 0 Å². The minimum absolute atomic E-state index is 0.142. The number of fused-ring (bicyclic) bond motifs is 1. The van der Waals surface area contributed by atoms with Gasteiger partial charge in [0.15, 0.2) is 5.65 Å². The molecule has 0 amide bonds. The van der Waals surface area contributed by atoms with Gasteiger partial charge in [0.05, 0.1) is 11.6 Å². The molecule has 3 rings (SSSR count). The maximum atomic E-state index is 13.4. The van der Waals surface area contributed by atoms with Crippen LogP contribution in [0.5, 0.6) is 0 Å². The van der Waals surface area contributed by atoms with Crippen molar-refractivity contribution in [2.75, 3.05) is 0 Å². The molecular weight excluding hydrogens is 313 g/mol. The first-order valence-electron chi connectivity index (χ1n) is 7.82. The highest BCUT2D eigenvalue weighted by molar-refractivity contribution is 6.30. The van der Waals surface area contributed by atoms with Crippen LogP contribution in [0.3, 0.4) is 0 Å². The summed E-state index contributed by atoms with van der Waals surface area (Å²) in [5.74, 6) is 1.15. The average Bonchev–Trinajstić information content (AvgIpc) is 2.88. The molecule has 0 saturated heterocycles. The number of hydrogen-bond donors (Lipinski definition) is 0. The number of pyridine rings is 1. The van der Waals surface area contributed by atoms with Gasteiger partial charge in [-0.25, -0.2) is 14.4 Å². The molecular formula is C18H19ClFN3. The molecule has 2 aromatic heterocycles. The van der Waals surface area contributed by atoms with Gasteiger partial charge in [-0.1, -0.05) is 37.9 Å². The summed E-state index contributed by atoms with van der Waals surface area (Å²) < 4.78 is 15.5. The van der Waals surface area contributed by atoms with Crippen LogP contribution in [-0.4, -0.2) is 14.5 Å². The van der Waals surface area contributed by atoms with Crippen molar-refractivity contribution in [2.24, 2.45) is 5.92 Å². The maximum Gasteiger partial charge on any atom is 0.160 e. The molecule has 0 aliphatic carbocycles. The number of imidazole rings is 1. The van der Waals surface area contributed by atoms with Crippen molar-refractivity contribution in [3.63, 3.8) is 0 Å². The second-order valence-corrected chi connectivity index (χ2v) is 6.33. The summed E-state index contributed by atoms with van der Waals surface area (Å²) in [5.41, 5.74) is 2.68. The van der Waals surface area contributed by atoms with Crippen LogP contribution in [0.4, 0.5) is 4.39 Å². The number of aromatic nitrogens is 3. The summed E-state index contributed by atoms with van der Waals surface area (Å²) in [4.78, 5) is 9.19. The fourth-order valence-electron chi connectivity index (χ4n) is 2.60. The number of hydrogen-bond acceptors (Lipinski definition) is 2. The van der Waals surface area contributed by atoms with Gasteiger partial charge in [0.25, 0.3) is 0 Å². The molecule has 3 aromatic rings.